The highest BCUT2D eigenvalue weighted by Crippen LogP contribution is 2.09. The van der Waals surface area contributed by atoms with Gasteiger partial charge in [0.2, 0.25) is 5.91 Å². The average Bonchev–Trinajstić information content (AvgIpc) is 2.60. The molecule has 0 heterocycles. The summed E-state index contributed by atoms with van der Waals surface area (Å²) < 4.78 is 5.51. The Hall–Kier alpha value is -2.82. The van der Waals surface area contributed by atoms with E-state index in [1.165, 1.54) is 0 Å². The van der Waals surface area contributed by atoms with Crippen molar-refractivity contribution in [1.82, 2.24) is 10.6 Å². The number of carbonyl (C=O) groups is 2. The van der Waals surface area contributed by atoms with Crippen LogP contribution in [0.2, 0.25) is 0 Å². The van der Waals surface area contributed by atoms with Gasteiger partial charge in [-0.3, -0.25) is 9.59 Å². The fourth-order valence-corrected chi connectivity index (χ4v) is 2.25. The number of hydrogen-bond donors (Lipinski definition) is 2. The second-order valence-electron chi connectivity index (χ2n) is 7.09. The zero-order valence-corrected chi connectivity index (χ0v) is 15.5. The van der Waals surface area contributed by atoms with E-state index < -0.39 is 0 Å². The molecule has 2 rings (SSSR count). The SMILES string of the molecule is CC(C)(C)NC(=O)c1ccc(CNC(=O)CCOc2ccccc2)cc1. The lowest BCUT2D eigenvalue weighted by Gasteiger charge is -2.20. The standard InChI is InChI=1S/C21H26N2O3/c1-21(2,3)23-20(25)17-11-9-16(10-12-17)15-22-19(24)13-14-26-18-7-5-4-6-8-18/h4-12H,13-15H2,1-3H3,(H,22,24)(H,23,25). The molecule has 5 heteroatoms. The molecule has 0 spiro atoms. The molecule has 26 heavy (non-hydrogen) atoms. The predicted octanol–water partition coefficient (Wildman–Crippen LogP) is 3.30. The van der Waals surface area contributed by atoms with Gasteiger partial charge >= 0.3 is 0 Å². The minimum absolute atomic E-state index is 0.0736. The molecule has 0 saturated heterocycles. The van der Waals surface area contributed by atoms with Crippen LogP contribution in [0.15, 0.2) is 54.6 Å². The second kappa shape index (κ2) is 9.04. The van der Waals surface area contributed by atoms with E-state index in [2.05, 4.69) is 10.6 Å². The van der Waals surface area contributed by atoms with Gasteiger partial charge in [0, 0.05) is 17.6 Å². The highest BCUT2D eigenvalue weighted by atomic mass is 16.5. The Morgan fingerprint density at radius 3 is 2.23 bits per heavy atom. The monoisotopic (exact) mass is 354 g/mol. The lowest BCUT2D eigenvalue weighted by molar-refractivity contribution is -0.121. The summed E-state index contributed by atoms with van der Waals surface area (Å²) in [6.45, 7) is 6.58. The summed E-state index contributed by atoms with van der Waals surface area (Å²) in [5.74, 6) is 0.575. The first-order chi connectivity index (χ1) is 12.3. The lowest BCUT2D eigenvalue weighted by atomic mass is 10.1. The van der Waals surface area contributed by atoms with Gasteiger partial charge in [0.25, 0.3) is 5.91 Å². The topological polar surface area (TPSA) is 67.4 Å². The molecule has 0 saturated carbocycles. The Morgan fingerprint density at radius 2 is 1.62 bits per heavy atom. The number of benzene rings is 2. The fraction of sp³-hybridized carbons (Fsp3) is 0.333. The van der Waals surface area contributed by atoms with Gasteiger partial charge in [-0.2, -0.15) is 0 Å². The van der Waals surface area contributed by atoms with Crippen molar-refractivity contribution in [3.63, 3.8) is 0 Å². The van der Waals surface area contributed by atoms with Crippen LogP contribution in [0.5, 0.6) is 5.75 Å². The third-order valence-corrected chi connectivity index (χ3v) is 3.54. The van der Waals surface area contributed by atoms with Gasteiger partial charge in [-0.15, -0.1) is 0 Å². The van der Waals surface area contributed by atoms with Crippen LogP contribution in [0.4, 0.5) is 0 Å². The second-order valence-corrected chi connectivity index (χ2v) is 7.09. The van der Waals surface area contributed by atoms with Crippen molar-refractivity contribution in [2.45, 2.75) is 39.3 Å². The fourth-order valence-electron chi connectivity index (χ4n) is 2.25. The van der Waals surface area contributed by atoms with Crippen LogP contribution in [0, 0.1) is 0 Å². The van der Waals surface area contributed by atoms with E-state index in [0.29, 0.717) is 25.1 Å². The summed E-state index contributed by atoms with van der Waals surface area (Å²) in [4.78, 5) is 24.0. The molecular formula is C21H26N2O3. The number of ether oxygens (including phenoxy) is 1. The molecule has 0 aliphatic heterocycles. The normalized spacial score (nSPS) is 10.9. The van der Waals surface area contributed by atoms with Gasteiger partial charge in [-0.25, -0.2) is 0 Å². The third-order valence-electron chi connectivity index (χ3n) is 3.54. The van der Waals surface area contributed by atoms with Gasteiger partial charge in [-0.05, 0) is 50.6 Å². The number of carbonyl (C=O) groups excluding carboxylic acids is 2. The summed E-state index contributed by atoms with van der Waals surface area (Å²) in [5, 5.41) is 5.77. The quantitative estimate of drug-likeness (QED) is 0.802. The van der Waals surface area contributed by atoms with Crippen LogP contribution in [-0.4, -0.2) is 24.0 Å². The van der Waals surface area contributed by atoms with E-state index >= 15 is 0 Å². The molecule has 0 fully saturated rings. The number of para-hydroxylation sites is 1. The lowest BCUT2D eigenvalue weighted by Crippen LogP contribution is -2.40. The van der Waals surface area contributed by atoms with E-state index in [0.717, 1.165) is 11.3 Å². The molecule has 0 aliphatic carbocycles. The maximum atomic E-state index is 12.1. The molecule has 0 atom stereocenters. The highest BCUT2D eigenvalue weighted by molar-refractivity contribution is 5.94. The third kappa shape index (κ3) is 6.97. The molecule has 138 valence electrons. The molecular weight excluding hydrogens is 328 g/mol. The Labute approximate surface area is 154 Å². The average molecular weight is 354 g/mol. The number of amides is 2. The van der Waals surface area contributed by atoms with Crippen molar-refractivity contribution in [2.75, 3.05) is 6.61 Å². The first-order valence-electron chi connectivity index (χ1n) is 8.69. The molecule has 5 nitrogen and oxygen atoms in total. The summed E-state index contributed by atoms with van der Waals surface area (Å²) in [7, 11) is 0. The van der Waals surface area contributed by atoms with Gasteiger partial charge in [0.15, 0.2) is 0 Å². The molecule has 0 unspecified atom stereocenters. The van der Waals surface area contributed by atoms with E-state index in [-0.39, 0.29) is 17.4 Å². The summed E-state index contributed by atoms with van der Waals surface area (Å²) in [5.41, 5.74) is 1.27. The zero-order chi connectivity index (χ0) is 19.0. The zero-order valence-electron chi connectivity index (χ0n) is 15.5. The number of hydrogen-bond acceptors (Lipinski definition) is 3. The first-order valence-corrected chi connectivity index (χ1v) is 8.69. The van der Waals surface area contributed by atoms with Crippen molar-refractivity contribution >= 4 is 11.8 Å². The minimum Gasteiger partial charge on any atom is -0.493 e. The van der Waals surface area contributed by atoms with Crippen LogP contribution in [0.25, 0.3) is 0 Å². The smallest absolute Gasteiger partial charge is 0.251 e. The van der Waals surface area contributed by atoms with Gasteiger partial charge in [0.1, 0.15) is 5.75 Å². The molecule has 2 amide bonds. The maximum Gasteiger partial charge on any atom is 0.251 e. The van der Waals surface area contributed by atoms with E-state index in [4.69, 9.17) is 4.74 Å². The van der Waals surface area contributed by atoms with Crippen molar-refractivity contribution in [1.29, 1.82) is 0 Å². The molecule has 2 N–H and O–H groups in total. The molecule has 0 aliphatic rings. The molecule has 0 radical (unpaired) electrons. The van der Waals surface area contributed by atoms with Crippen LogP contribution in [-0.2, 0) is 11.3 Å². The van der Waals surface area contributed by atoms with Crippen LogP contribution < -0.4 is 15.4 Å². The first kappa shape index (κ1) is 19.5. The molecule has 2 aromatic rings. The van der Waals surface area contributed by atoms with E-state index in [1.807, 2.05) is 63.2 Å². The highest BCUT2D eigenvalue weighted by Gasteiger charge is 2.15. The van der Waals surface area contributed by atoms with Crippen molar-refractivity contribution in [3.8, 4) is 5.75 Å². The molecule has 2 aromatic carbocycles. The Bertz CT molecular complexity index is 719. The summed E-state index contributed by atoms with van der Waals surface area (Å²) in [6, 6.07) is 16.6. The van der Waals surface area contributed by atoms with E-state index in [1.54, 1.807) is 12.1 Å². The van der Waals surface area contributed by atoms with Crippen LogP contribution in [0.3, 0.4) is 0 Å². The predicted molar refractivity (Wildman–Crippen MR) is 102 cm³/mol. The van der Waals surface area contributed by atoms with Crippen LogP contribution in [0.1, 0.15) is 43.1 Å². The van der Waals surface area contributed by atoms with Gasteiger partial charge < -0.3 is 15.4 Å². The van der Waals surface area contributed by atoms with Crippen molar-refractivity contribution in [3.05, 3.63) is 65.7 Å². The molecule has 0 bridgehead atoms. The van der Waals surface area contributed by atoms with Crippen LogP contribution >= 0.6 is 0 Å². The Kier molecular flexibility index (Phi) is 6.78. The van der Waals surface area contributed by atoms with Gasteiger partial charge in [0.05, 0.1) is 13.0 Å². The number of rotatable bonds is 7. The summed E-state index contributed by atoms with van der Waals surface area (Å²) >= 11 is 0. The van der Waals surface area contributed by atoms with Gasteiger partial charge in [-0.1, -0.05) is 30.3 Å². The summed E-state index contributed by atoms with van der Waals surface area (Å²) in [6.07, 6.45) is 0.293. The Balaban J connectivity index is 1.73. The maximum absolute atomic E-state index is 12.1. The minimum atomic E-state index is -0.272. The molecule has 0 aromatic heterocycles. The van der Waals surface area contributed by atoms with E-state index in [9.17, 15) is 9.59 Å². The largest absolute Gasteiger partial charge is 0.493 e. The van der Waals surface area contributed by atoms with Crippen molar-refractivity contribution < 1.29 is 14.3 Å². The van der Waals surface area contributed by atoms with Crippen molar-refractivity contribution in [2.24, 2.45) is 0 Å². The number of nitrogens with one attached hydrogen (secondary N) is 2. The Morgan fingerprint density at radius 1 is 0.962 bits per heavy atom.